The van der Waals surface area contributed by atoms with Crippen LogP contribution >= 0.6 is 0 Å². The molecular weight excluding hydrogens is 226 g/mol. The van der Waals surface area contributed by atoms with Crippen molar-refractivity contribution in [2.45, 2.75) is 43.9 Å². The first-order chi connectivity index (χ1) is 8.83. The van der Waals surface area contributed by atoms with Gasteiger partial charge in [0.15, 0.2) is 6.29 Å². The van der Waals surface area contributed by atoms with E-state index in [4.69, 9.17) is 15.2 Å². The summed E-state index contributed by atoms with van der Waals surface area (Å²) in [4.78, 5) is 0. The maximum atomic E-state index is 6.19. The van der Waals surface area contributed by atoms with Crippen molar-refractivity contribution in [3.8, 4) is 0 Å². The first-order valence-electron chi connectivity index (χ1n) is 6.91. The first-order valence-corrected chi connectivity index (χ1v) is 6.91. The van der Waals surface area contributed by atoms with Gasteiger partial charge >= 0.3 is 0 Å². The van der Waals surface area contributed by atoms with Gasteiger partial charge in [0.2, 0.25) is 0 Å². The highest BCUT2D eigenvalue weighted by Crippen LogP contribution is 2.36. The summed E-state index contributed by atoms with van der Waals surface area (Å²) in [5, 5.41) is 0. The highest BCUT2D eigenvalue weighted by molar-refractivity contribution is 5.28. The van der Waals surface area contributed by atoms with Crippen molar-refractivity contribution >= 4 is 0 Å². The van der Waals surface area contributed by atoms with E-state index in [1.165, 1.54) is 30.4 Å². The van der Waals surface area contributed by atoms with Gasteiger partial charge in [-0.3, -0.25) is 0 Å². The highest BCUT2D eigenvalue weighted by Gasteiger charge is 2.22. The van der Waals surface area contributed by atoms with Crippen LogP contribution in [0.4, 0.5) is 0 Å². The molecule has 0 bridgehead atoms. The summed E-state index contributed by atoms with van der Waals surface area (Å²) in [6, 6.07) is 8.79. The van der Waals surface area contributed by atoms with Crippen LogP contribution < -0.4 is 5.73 Å². The lowest BCUT2D eigenvalue weighted by atomic mass is 9.80. The molecule has 2 aliphatic rings. The van der Waals surface area contributed by atoms with E-state index in [-0.39, 0.29) is 12.3 Å². The standard InChI is InChI=1S/C15H21NO2/c16-14(10-15-17-8-9-18-15)13-6-4-12(5-7-13)11-2-1-3-11/h4-7,11,14-15H,1-3,8-10,16H2. The van der Waals surface area contributed by atoms with Crippen molar-refractivity contribution in [2.24, 2.45) is 5.73 Å². The predicted octanol–water partition coefficient (Wildman–Crippen LogP) is 2.72. The molecule has 2 fully saturated rings. The molecule has 1 aliphatic heterocycles. The van der Waals surface area contributed by atoms with E-state index in [9.17, 15) is 0 Å². The van der Waals surface area contributed by atoms with Gasteiger partial charge in [0.25, 0.3) is 0 Å². The lowest BCUT2D eigenvalue weighted by molar-refractivity contribution is -0.0507. The van der Waals surface area contributed by atoms with Gasteiger partial charge in [0.05, 0.1) is 13.2 Å². The van der Waals surface area contributed by atoms with Crippen LogP contribution in [-0.2, 0) is 9.47 Å². The Kier molecular flexibility index (Phi) is 3.64. The largest absolute Gasteiger partial charge is 0.350 e. The zero-order valence-electron chi connectivity index (χ0n) is 10.7. The van der Waals surface area contributed by atoms with Gasteiger partial charge in [-0.2, -0.15) is 0 Å². The zero-order valence-corrected chi connectivity index (χ0v) is 10.7. The lowest BCUT2D eigenvalue weighted by Crippen LogP contribution is -2.19. The van der Waals surface area contributed by atoms with E-state index in [1.54, 1.807) is 0 Å². The summed E-state index contributed by atoms with van der Waals surface area (Å²) in [6.07, 6.45) is 4.68. The lowest BCUT2D eigenvalue weighted by Gasteiger charge is -2.26. The van der Waals surface area contributed by atoms with Crippen LogP contribution in [0, 0.1) is 0 Å². The van der Waals surface area contributed by atoms with Crippen LogP contribution in [0.5, 0.6) is 0 Å². The maximum Gasteiger partial charge on any atom is 0.159 e. The van der Waals surface area contributed by atoms with Crippen LogP contribution in [0.2, 0.25) is 0 Å². The van der Waals surface area contributed by atoms with Crippen LogP contribution in [-0.4, -0.2) is 19.5 Å². The van der Waals surface area contributed by atoms with E-state index < -0.39 is 0 Å². The van der Waals surface area contributed by atoms with Crippen molar-refractivity contribution in [2.75, 3.05) is 13.2 Å². The minimum atomic E-state index is -0.119. The van der Waals surface area contributed by atoms with Gasteiger partial charge < -0.3 is 15.2 Å². The summed E-state index contributed by atoms with van der Waals surface area (Å²) in [6.45, 7) is 1.38. The first kappa shape index (κ1) is 12.2. The summed E-state index contributed by atoms with van der Waals surface area (Å²) in [5.41, 5.74) is 8.83. The molecule has 0 spiro atoms. The highest BCUT2D eigenvalue weighted by atomic mass is 16.7. The van der Waals surface area contributed by atoms with Gasteiger partial charge in [-0.25, -0.2) is 0 Å². The van der Waals surface area contributed by atoms with E-state index in [0.29, 0.717) is 13.2 Å². The molecule has 98 valence electrons. The fourth-order valence-corrected chi connectivity index (χ4v) is 2.64. The second-order valence-corrected chi connectivity index (χ2v) is 5.31. The Bertz CT molecular complexity index is 380. The van der Waals surface area contributed by atoms with Gasteiger partial charge in [0.1, 0.15) is 0 Å². The molecule has 3 heteroatoms. The topological polar surface area (TPSA) is 44.5 Å². The quantitative estimate of drug-likeness (QED) is 0.889. The number of hydrogen-bond acceptors (Lipinski definition) is 3. The van der Waals surface area contributed by atoms with E-state index >= 15 is 0 Å². The Morgan fingerprint density at radius 1 is 1.11 bits per heavy atom. The SMILES string of the molecule is NC(CC1OCCO1)c1ccc(C2CCC2)cc1. The molecule has 1 aromatic rings. The minimum Gasteiger partial charge on any atom is -0.350 e. The van der Waals surface area contributed by atoms with E-state index in [0.717, 1.165) is 12.3 Å². The van der Waals surface area contributed by atoms with Crippen LogP contribution in [0.25, 0.3) is 0 Å². The summed E-state index contributed by atoms with van der Waals surface area (Å²) >= 11 is 0. The molecule has 1 aliphatic carbocycles. The normalized spacial score (nSPS) is 22.9. The number of benzene rings is 1. The van der Waals surface area contributed by atoms with Gasteiger partial charge in [-0.15, -0.1) is 0 Å². The van der Waals surface area contributed by atoms with E-state index in [1.807, 2.05) is 0 Å². The van der Waals surface area contributed by atoms with Crippen molar-refractivity contribution < 1.29 is 9.47 Å². The third kappa shape index (κ3) is 2.58. The van der Waals surface area contributed by atoms with Gasteiger partial charge in [0, 0.05) is 12.5 Å². The second-order valence-electron chi connectivity index (χ2n) is 5.31. The Labute approximate surface area is 108 Å². The molecule has 1 heterocycles. The monoisotopic (exact) mass is 247 g/mol. The van der Waals surface area contributed by atoms with Crippen LogP contribution in [0.15, 0.2) is 24.3 Å². The fraction of sp³-hybridized carbons (Fsp3) is 0.600. The Morgan fingerprint density at radius 2 is 1.78 bits per heavy atom. The molecule has 1 aromatic carbocycles. The molecule has 1 atom stereocenters. The second kappa shape index (κ2) is 5.39. The van der Waals surface area contributed by atoms with Crippen molar-refractivity contribution in [1.82, 2.24) is 0 Å². The summed E-state index contributed by atoms with van der Waals surface area (Å²) in [7, 11) is 0. The molecule has 0 aromatic heterocycles. The molecule has 0 amide bonds. The molecule has 1 saturated heterocycles. The Balaban J connectivity index is 1.60. The van der Waals surface area contributed by atoms with Crippen molar-refractivity contribution in [1.29, 1.82) is 0 Å². The molecular formula is C15H21NO2. The Hall–Kier alpha value is -0.900. The number of rotatable bonds is 4. The van der Waals surface area contributed by atoms with Crippen LogP contribution in [0.1, 0.15) is 48.8 Å². The molecule has 3 nitrogen and oxygen atoms in total. The van der Waals surface area contributed by atoms with Gasteiger partial charge in [-0.05, 0) is 29.9 Å². The number of hydrogen-bond donors (Lipinski definition) is 1. The average Bonchev–Trinajstić information content (AvgIpc) is 2.80. The average molecular weight is 247 g/mol. The van der Waals surface area contributed by atoms with Crippen molar-refractivity contribution in [3.05, 3.63) is 35.4 Å². The molecule has 1 saturated carbocycles. The maximum absolute atomic E-state index is 6.19. The summed E-state index contributed by atoms with van der Waals surface area (Å²) in [5.74, 6) is 0.789. The third-order valence-corrected chi connectivity index (χ3v) is 4.08. The Morgan fingerprint density at radius 3 is 2.33 bits per heavy atom. The molecule has 3 rings (SSSR count). The number of ether oxygens (including phenoxy) is 2. The molecule has 0 radical (unpaired) electrons. The zero-order chi connectivity index (χ0) is 12.4. The predicted molar refractivity (Wildman–Crippen MR) is 70.3 cm³/mol. The molecule has 18 heavy (non-hydrogen) atoms. The minimum absolute atomic E-state index is 0.00328. The molecule has 2 N–H and O–H groups in total. The summed E-state index contributed by atoms with van der Waals surface area (Å²) < 4.78 is 10.9. The van der Waals surface area contributed by atoms with Crippen LogP contribution in [0.3, 0.4) is 0 Å². The fourth-order valence-electron chi connectivity index (χ4n) is 2.64. The van der Waals surface area contributed by atoms with Crippen molar-refractivity contribution in [3.63, 3.8) is 0 Å². The number of nitrogens with two attached hydrogens (primary N) is 1. The van der Waals surface area contributed by atoms with Gasteiger partial charge in [-0.1, -0.05) is 30.7 Å². The third-order valence-electron chi connectivity index (χ3n) is 4.08. The smallest absolute Gasteiger partial charge is 0.159 e. The molecule has 1 unspecified atom stereocenters. The van der Waals surface area contributed by atoms with E-state index in [2.05, 4.69) is 24.3 Å².